The fourth-order valence-corrected chi connectivity index (χ4v) is 11.6. The minimum atomic E-state index is 1.11. The maximum atomic E-state index is 2.56. The molecular formula is C70H46N2. The first kappa shape index (κ1) is 41.5. The molecule has 0 saturated heterocycles. The zero-order valence-electron chi connectivity index (χ0n) is 39.5. The lowest BCUT2D eigenvalue weighted by atomic mass is 9.86. The first-order valence-electron chi connectivity index (χ1n) is 24.9. The van der Waals surface area contributed by atoms with Crippen molar-refractivity contribution in [1.82, 2.24) is 9.13 Å². The van der Waals surface area contributed by atoms with Crippen molar-refractivity contribution < 1.29 is 0 Å². The lowest BCUT2D eigenvalue weighted by molar-refractivity contribution is 1.14. The molecule has 72 heavy (non-hydrogen) atoms. The summed E-state index contributed by atoms with van der Waals surface area (Å²) in [6.07, 6.45) is 0. The molecule has 0 aliphatic heterocycles. The van der Waals surface area contributed by atoms with E-state index in [4.69, 9.17) is 0 Å². The van der Waals surface area contributed by atoms with Gasteiger partial charge in [-0.2, -0.15) is 0 Å². The van der Waals surface area contributed by atoms with Crippen molar-refractivity contribution in [2.24, 2.45) is 0 Å². The third-order valence-electron chi connectivity index (χ3n) is 14.7. The minimum Gasteiger partial charge on any atom is -0.308 e. The number of rotatable bonds is 8. The summed E-state index contributed by atoms with van der Waals surface area (Å²) in [4.78, 5) is 0. The molecule has 14 rings (SSSR count). The largest absolute Gasteiger partial charge is 0.308 e. The minimum absolute atomic E-state index is 1.11. The Morgan fingerprint density at radius 3 is 0.750 bits per heavy atom. The predicted octanol–water partition coefficient (Wildman–Crippen LogP) is 19.0. The Kier molecular flexibility index (Phi) is 9.89. The molecule has 0 aliphatic carbocycles. The summed E-state index contributed by atoms with van der Waals surface area (Å²) in [5, 5.41) is 9.78. The molecule has 0 aliphatic rings. The number of hydrogen-bond donors (Lipinski definition) is 0. The summed E-state index contributed by atoms with van der Waals surface area (Å²) < 4.78 is 5.13. The van der Waals surface area contributed by atoms with Gasteiger partial charge in [0.05, 0.1) is 22.4 Å². The Labute approximate surface area is 418 Å². The van der Waals surface area contributed by atoms with Gasteiger partial charge in [-0.05, 0) is 79.5 Å². The van der Waals surface area contributed by atoms with Crippen molar-refractivity contribution in [3.8, 4) is 78.4 Å². The van der Waals surface area contributed by atoms with Crippen LogP contribution in [0.4, 0.5) is 0 Å². The second-order valence-electron chi connectivity index (χ2n) is 18.7. The molecule has 2 heteroatoms. The molecule has 0 N–H and O–H groups in total. The van der Waals surface area contributed by atoms with Gasteiger partial charge in [-0.1, -0.05) is 255 Å². The van der Waals surface area contributed by atoms with E-state index < -0.39 is 0 Å². The van der Waals surface area contributed by atoms with Gasteiger partial charge in [0.15, 0.2) is 0 Å². The van der Waals surface area contributed by atoms with Crippen molar-refractivity contribution in [3.63, 3.8) is 0 Å². The van der Waals surface area contributed by atoms with Crippen molar-refractivity contribution >= 4 is 54.1 Å². The van der Waals surface area contributed by atoms with E-state index in [9.17, 15) is 0 Å². The zero-order valence-corrected chi connectivity index (χ0v) is 39.5. The van der Waals surface area contributed by atoms with Crippen LogP contribution in [0.15, 0.2) is 279 Å². The molecule has 0 saturated carbocycles. The summed E-state index contributed by atoms with van der Waals surface area (Å²) in [6.45, 7) is 0. The lowest BCUT2D eigenvalue weighted by Crippen LogP contribution is -1.99. The van der Waals surface area contributed by atoms with Crippen molar-refractivity contribution in [1.29, 1.82) is 0 Å². The average molecular weight is 915 g/mol. The van der Waals surface area contributed by atoms with Gasteiger partial charge >= 0.3 is 0 Å². The number of nitrogens with zero attached hydrogens (tertiary/aromatic N) is 2. The van der Waals surface area contributed by atoms with Crippen LogP contribution in [-0.4, -0.2) is 9.13 Å². The molecule has 0 unspecified atom stereocenters. The van der Waals surface area contributed by atoms with Gasteiger partial charge in [0.25, 0.3) is 0 Å². The normalized spacial score (nSPS) is 11.6. The fourth-order valence-electron chi connectivity index (χ4n) is 11.6. The summed E-state index contributed by atoms with van der Waals surface area (Å²) in [5.74, 6) is 0. The van der Waals surface area contributed by atoms with E-state index in [-0.39, 0.29) is 0 Å². The Morgan fingerprint density at radius 2 is 0.431 bits per heavy atom. The summed E-state index contributed by atoms with van der Waals surface area (Å²) >= 11 is 0. The predicted molar refractivity (Wildman–Crippen MR) is 305 cm³/mol. The summed E-state index contributed by atoms with van der Waals surface area (Å²) in [5.41, 5.74) is 18.8. The highest BCUT2D eigenvalue weighted by Crippen LogP contribution is 2.55. The van der Waals surface area contributed by atoms with Gasteiger partial charge in [0.2, 0.25) is 0 Å². The topological polar surface area (TPSA) is 9.86 Å². The molecular weight excluding hydrogens is 869 g/mol. The molecule has 2 heterocycles. The number of benzene rings is 12. The molecule has 12 aromatic carbocycles. The molecule has 2 nitrogen and oxygen atoms in total. The van der Waals surface area contributed by atoms with Crippen LogP contribution in [0.1, 0.15) is 0 Å². The van der Waals surface area contributed by atoms with Gasteiger partial charge in [0, 0.05) is 54.8 Å². The summed E-state index contributed by atoms with van der Waals surface area (Å²) in [7, 11) is 0. The monoisotopic (exact) mass is 914 g/mol. The van der Waals surface area contributed by atoms with E-state index in [1.807, 2.05) is 0 Å². The van der Waals surface area contributed by atoms with Gasteiger partial charge in [-0.15, -0.1) is 0 Å². The third-order valence-corrected chi connectivity index (χ3v) is 14.7. The molecule has 0 radical (unpaired) electrons. The van der Waals surface area contributed by atoms with E-state index in [0.717, 1.165) is 33.9 Å². The van der Waals surface area contributed by atoms with Crippen molar-refractivity contribution in [2.75, 3.05) is 0 Å². The number of aromatic nitrogens is 2. The molecule has 0 spiro atoms. The molecule has 2 aromatic heterocycles. The zero-order chi connectivity index (χ0) is 47.5. The Morgan fingerprint density at radius 1 is 0.181 bits per heavy atom. The quantitative estimate of drug-likeness (QED) is 0.134. The summed E-state index contributed by atoms with van der Waals surface area (Å²) in [6, 6.07) is 102. The maximum absolute atomic E-state index is 2.56. The van der Waals surface area contributed by atoms with E-state index in [2.05, 4.69) is 288 Å². The van der Waals surface area contributed by atoms with Crippen molar-refractivity contribution in [3.05, 3.63) is 279 Å². The van der Waals surface area contributed by atoms with Crippen molar-refractivity contribution in [2.45, 2.75) is 0 Å². The second kappa shape index (κ2) is 17.2. The van der Waals surface area contributed by atoms with E-state index in [1.165, 1.54) is 98.6 Å². The number of fused-ring (bicyclic) bond motifs is 11. The van der Waals surface area contributed by atoms with Crippen LogP contribution in [0.2, 0.25) is 0 Å². The Bertz CT molecular complexity index is 4010. The van der Waals surface area contributed by atoms with Crippen LogP contribution in [-0.2, 0) is 0 Å². The fraction of sp³-hybridized carbons (Fsp3) is 0. The molecule has 0 atom stereocenters. The Hall–Kier alpha value is -9.50. The third kappa shape index (κ3) is 6.57. The highest BCUT2D eigenvalue weighted by atomic mass is 15.0. The molecule has 14 aromatic rings. The molecule has 336 valence electrons. The highest BCUT2D eigenvalue weighted by molar-refractivity contribution is 6.43. The van der Waals surface area contributed by atoms with E-state index >= 15 is 0 Å². The Balaban J connectivity index is 1.24. The highest BCUT2D eigenvalue weighted by Gasteiger charge is 2.31. The van der Waals surface area contributed by atoms with E-state index in [1.54, 1.807) is 0 Å². The first-order chi connectivity index (χ1) is 35.8. The van der Waals surface area contributed by atoms with Crippen LogP contribution in [0, 0.1) is 0 Å². The lowest BCUT2D eigenvalue weighted by Gasteiger charge is -2.17. The SMILES string of the molecule is c1ccc(-c2ccc(-n3c(-c4ccccc4)c(-c4ccccc4)c4c5c6ccccc6c6c(c(-c7ccccc7)c(-c7ccccc7)n6-c6ccc(-c7ccccc7)cc6)c5c5ccccc5c43)cc2)cc1. The molecule has 0 fully saturated rings. The van der Waals surface area contributed by atoms with Crippen LogP contribution in [0.25, 0.3) is 133 Å². The van der Waals surface area contributed by atoms with Gasteiger partial charge in [0.1, 0.15) is 0 Å². The van der Waals surface area contributed by atoms with Crippen LogP contribution in [0.5, 0.6) is 0 Å². The second-order valence-corrected chi connectivity index (χ2v) is 18.7. The first-order valence-corrected chi connectivity index (χ1v) is 24.9. The van der Waals surface area contributed by atoms with Crippen LogP contribution < -0.4 is 0 Å². The van der Waals surface area contributed by atoms with Crippen LogP contribution >= 0.6 is 0 Å². The smallest absolute Gasteiger partial charge is 0.0626 e. The standard InChI is InChI=1S/C70H46N2/c1-7-23-47(24-8-1)49-39-43-55(44-40-49)71-67(53-31-15-5-16-32-53)61(51-27-11-3-12-28-51)65-63-58-36-20-22-38-60(58)70-66(64(63)57-35-19-21-37-59(57)69(65)71)62(52-29-13-4-14-30-52)68(54-33-17-6-18-34-54)72(70)56-45-41-50(42-46-56)48-25-9-2-10-26-48/h1-46H. The van der Waals surface area contributed by atoms with Crippen LogP contribution in [0.3, 0.4) is 0 Å². The maximum Gasteiger partial charge on any atom is 0.0626 e. The molecule has 0 bridgehead atoms. The van der Waals surface area contributed by atoms with Gasteiger partial charge in [-0.25, -0.2) is 0 Å². The van der Waals surface area contributed by atoms with Gasteiger partial charge < -0.3 is 9.13 Å². The molecule has 0 amide bonds. The number of hydrogen-bond acceptors (Lipinski definition) is 0. The van der Waals surface area contributed by atoms with E-state index in [0.29, 0.717) is 0 Å². The van der Waals surface area contributed by atoms with Gasteiger partial charge in [-0.3, -0.25) is 0 Å². The average Bonchev–Trinajstić information content (AvgIpc) is 4.02.